The van der Waals surface area contributed by atoms with Crippen LogP contribution in [0.15, 0.2) is 23.7 Å². The Hall–Kier alpha value is -0.930. The van der Waals surface area contributed by atoms with Gasteiger partial charge in [0.1, 0.15) is 0 Å². The molecule has 2 aromatic rings. The third-order valence-corrected chi connectivity index (χ3v) is 3.67. The summed E-state index contributed by atoms with van der Waals surface area (Å²) in [5, 5.41) is 0. The lowest BCUT2D eigenvalue weighted by Gasteiger charge is -2.24. The molecular formula is C12H16N2S. The Bertz CT molecular complexity index is 459. The average molecular weight is 220 g/mol. The predicted octanol–water partition coefficient (Wildman–Crippen LogP) is 2.92. The Morgan fingerprint density at radius 1 is 1.40 bits per heavy atom. The van der Waals surface area contributed by atoms with Crippen LogP contribution in [0.2, 0.25) is 0 Å². The molecule has 2 rings (SSSR count). The number of benzene rings is 1. The first kappa shape index (κ1) is 10.6. The van der Waals surface area contributed by atoms with E-state index in [0.29, 0.717) is 0 Å². The standard InChI is InChI=1S/C12H16N2S/c1-12(2,5-6-13)9-3-4-10-11(7-9)15-8-14-10/h3-4,7-8H,5-6,13H2,1-2H3. The molecule has 0 unspecified atom stereocenters. The van der Waals surface area contributed by atoms with E-state index in [0.717, 1.165) is 18.5 Å². The zero-order valence-electron chi connectivity index (χ0n) is 9.16. The van der Waals surface area contributed by atoms with E-state index in [-0.39, 0.29) is 5.41 Å². The van der Waals surface area contributed by atoms with Gasteiger partial charge in [-0.1, -0.05) is 19.9 Å². The van der Waals surface area contributed by atoms with Gasteiger partial charge in [-0.25, -0.2) is 4.98 Å². The van der Waals surface area contributed by atoms with E-state index in [9.17, 15) is 0 Å². The van der Waals surface area contributed by atoms with Gasteiger partial charge in [0.15, 0.2) is 0 Å². The highest BCUT2D eigenvalue weighted by Crippen LogP contribution is 2.30. The minimum absolute atomic E-state index is 0.160. The fourth-order valence-corrected chi connectivity index (χ4v) is 2.50. The fourth-order valence-electron chi connectivity index (χ4n) is 1.78. The molecule has 0 aliphatic rings. The van der Waals surface area contributed by atoms with Crippen LogP contribution >= 0.6 is 11.3 Å². The zero-order valence-corrected chi connectivity index (χ0v) is 9.97. The van der Waals surface area contributed by atoms with Crippen molar-refractivity contribution in [1.82, 2.24) is 4.98 Å². The van der Waals surface area contributed by atoms with Crippen molar-refractivity contribution in [3.8, 4) is 0 Å². The van der Waals surface area contributed by atoms with Crippen LogP contribution in [-0.2, 0) is 5.41 Å². The van der Waals surface area contributed by atoms with Crippen molar-refractivity contribution >= 4 is 21.6 Å². The molecule has 0 radical (unpaired) electrons. The number of hydrogen-bond donors (Lipinski definition) is 1. The Morgan fingerprint density at radius 3 is 2.93 bits per heavy atom. The van der Waals surface area contributed by atoms with Crippen LogP contribution in [0.5, 0.6) is 0 Å². The van der Waals surface area contributed by atoms with Crippen molar-refractivity contribution in [2.45, 2.75) is 25.7 Å². The van der Waals surface area contributed by atoms with E-state index in [1.54, 1.807) is 11.3 Å². The number of rotatable bonds is 3. The van der Waals surface area contributed by atoms with E-state index in [4.69, 9.17) is 5.73 Å². The van der Waals surface area contributed by atoms with Gasteiger partial charge in [0.25, 0.3) is 0 Å². The summed E-state index contributed by atoms with van der Waals surface area (Å²) >= 11 is 1.69. The minimum atomic E-state index is 0.160. The third-order valence-electron chi connectivity index (χ3n) is 2.88. The molecule has 0 bridgehead atoms. The molecule has 1 aromatic heterocycles. The maximum absolute atomic E-state index is 5.63. The van der Waals surface area contributed by atoms with Crippen molar-refractivity contribution in [2.75, 3.05) is 6.54 Å². The van der Waals surface area contributed by atoms with Gasteiger partial charge in [-0.2, -0.15) is 0 Å². The maximum atomic E-state index is 5.63. The first-order valence-electron chi connectivity index (χ1n) is 5.17. The molecule has 0 amide bonds. The van der Waals surface area contributed by atoms with Gasteiger partial charge in [-0.15, -0.1) is 11.3 Å². The lowest BCUT2D eigenvalue weighted by Crippen LogP contribution is -2.21. The van der Waals surface area contributed by atoms with Crippen LogP contribution < -0.4 is 5.73 Å². The van der Waals surface area contributed by atoms with E-state index >= 15 is 0 Å². The van der Waals surface area contributed by atoms with Crippen LogP contribution in [0.25, 0.3) is 10.2 Å². The summed E-state index contributed by atoms with van der Waals surface area (Å²) in [7, 11) is 0. The summed E-state index contributed by atoms with van der Waals surface area (Å²) < 4.78 is 1.26. The Labute approximate surface area is 94.1 Å². The molecule has 0 atom stereocenters. The van der Waals surface area contributed by atoms with Gasteiger partial charge in [0.2, 0.25) is 0 Å². The summed E-state index contributed by atoms with van der Waals surface area (Å²) in [5.41, 5.74) is 10.1. The fraction of sp³-hybridized carbons (Fsp3) is 0.417. The summed E-state index contributed by atoms with van der Waals surface area (Å²) in [6.07, 6.45) is 1.01. The molecule has 2 nitrogen and oxygen atoms in total. The smallest absolute Gasteiger partial charge is 0.0812 e. The number of thiazole rings is 1. The highest BCUT2D eigenvalue weighted by atomic mass is 32.1. The normalized spacial score (nSPS) is 12.2. The first-order valence-corrected chi connectivity index (χ1v) is 6.05. The Kier molecular flexibility index (Phi) is 2.76. The van der Waals surface area contributed by atoms with E-state index in [2.05, 4.69) is 37.0 Å². The van der Waals surface area contributed by atoms with Gasteiger partial charge < -0.3 is 5.73 Å². The molecule has 1 aromatic carbocycles. The molecule has 3 heteroatoms. The number of aromatic nitrogens is 1. The molecule has 0 fully saturated rings. The second-order valence-electron chi connectivity index (χ2n) is 4.46. The van der Waals surface area contributed by atoms with Crippen LogP contribution in [0.4, 0.5) is 0 Å². The monoisotopic (exact) mass is 220 g/mol. The first-order chi connectivity index (χ1) is 7.13. The van der Waals surface area contributed by atoms with Crippen molar-refractivity contribution in [3.63, 3.8) is 0 Å². The van der Waals surface area contributed by atoms with Crippen molar-refractivity contribution in [1.29, 1.82) is 0 Å². The highest BCUT2D eigenvalue weighted by molar-refractivity contribution is 7.16. The topological polar surface area (TPSA) is 38.9 Å². The third kappa shape index (κ3) is 2.03. The van der Waals surface area contributed by atoms with Crippen molar-refractivity contribution < 1.29 is 0 Å². The highest BCUT2D eigenvalue weighted by Gasteiger charge is 2.19. The Balaban J connectivity index is 2.42. The lowest BCUT2D eigenvalue weighted by molar-refractivity contribution is 0.488. The largest absolute Gasteiger partial charge is 0.330 e. The summed E-state index contributed by atoms with van der Waals surface area (Å²) in [6.45, 7) is 5.21. The number of hydrogen-bond acceptors (Lipinski definition) is 3. The average Bonchev–Trinajstić information content (AvgIpc) is 2.63. The number of nitrogens with zero attached hydrogens (tertiary/aromatic N) is 1. The molecule has 0 saturated carbocycles. The summed E-state index contributed by atoms with van der Waals surface area (Å²) in [5.74, 6) is 0. The van der Waals surface area contributed by atoms with E-state index in [1.165, 1.54) is 10.3 Å². The molecule has 1 heterocycles. The Morgan fingerprint density at radius 2 is 2.20 bits per heavy atom. The van der Waals surface area contributed by atoms with E-state index < -0.39 is 0 Å². The van der Waals surface area contributed by atoms with Crippen LogP contribution in [0.1, 0.15) is 25.8 Å². The van der Waals surface area contributed by atoms with Gasteiger partial charge in [0.05, 0.1) is 15.7 Å². The molecule has 0 saturated heterocycles. The van der Waals surface area contributed by atoms with Crippen LogP contribution in [0.3, 0.4) is 0 Å². The molecule has 0 aliphatic heterocycles. The second-order valence-corrected chi connectivity index (χ2v) is 5.34. The van der Waals surface area contributed by atoms with Gasteiger partial charge in [-0.05, 0) is 36.1 Å². The lowest BCUT2D eigenvalue weighted by atomic mass is 9.82. The molecule has 2 N–H and O–H groups in total. The minimum Gasteiger partial charge on any atom is -0.330 e. The van der Waals surface area contributed by atoms with Gasteiger partial charge in [0, 0.05) is 0 Å². The molecular weight excluding hydrogens is 204 g/mol. The molecule has 0 spiro atoms. The molecule has 0 aliphatic carbocycles. The number of nitrogens with two attached hydrogens (primary N) is 1. The quantitative estimate of drug-likeness (QED) is 0.863. The second kappa shape index (κ2) is 3.91. The number of fused-ring (bicyclic) bond motifs is 1. The molecule has 80 valence electrons. The van der Waals surface area contributed by atoms with Crippen LogP contribution in [0, 0.1) is 0 Å². The van der Waals surface area contributed by atoms with Gasteiger partial charge in [-0.3, -0.25) is 0 Å². The molecule has 15 heavy (non-hydrogen) atoms. The summed E-state index contributed by atoms with van der Waals surface area (Å²) in [6, 6.07) is 6.50. The van der Waals surface area contributed by atoms with Crippen molar-refractivity contribution in [2.24, 2.45) is 5.73 Å². The predicted molar refractivity (Wildman–Crippen MR) is 66.3 cm³/mol. The van der Waals surface area contributed by atoms with Crippen molar-refractivity contribution in [3.05, 3.63) is 29.3 Å². The van der Waals surface area contributed by atoms with Gasteiger partial charge >= 0.3 is 0 Å². The van der Waals surface area contributed by atoms with Crippen LogP contribution in [-0.4, -0.2) is 11.5 Å². The SMILES string of the molecule is CC(C)(CCN)c1ccc2ncsc2c1. The zero-order chi connectivity index (χ0) is 10.9. The van der Waals surface area contributed by atoms with E-state index in [1.807, 2.05) is 5.51 Å². The maximum Gasteiger partial charge on any atom is 0.0812 e. The summed E-state index contributed by atoms with van der Waals surface area (Å²) in [4.78, 5) is 4.28.